The Hall–Kier alpha value is -3.34. The number of esters is 1. The molecule has 27 heavy (non-hydrogen) atoms. The van der Waals surface area contributed by atoms with Gasteiger partial charge in [-0.1, -0.05) is 42.5 Å². The highest BCUT2D eigenvalue weighted by Gasteiger charge is 2.18. The van der Waals surface area contributed by atoms with Gasteiger partial charge in [-0.3, -0.25) is 4.79 Å². The first-order valence-electron chi connectivity index (χ1n) is 8.70. The molecule has 5 nitrogen and oxygen atoms in total. The maximum absolute atomic E-state index is 12.3. The number of benzene rings is 3. The van der Waals surface area contributed by atoms with Crippen molar-refractivity contribution in [2.75, 3.05) is 11.9 Å². The normalized spacial score (nSPS) is 11.6. The summed E-state index contributed by atoms with van der Waals surface area (Å²) in [6.45, 7) is 3.21. The lowest BCUT2D eigenvalue weighted by Gasteiger charge is -2.14. The van der Waals surface area contributed by atoms with Crippen molar-refractivity contribution in [1.82, 2.24) is 0 Å². The lowest BCUT2D eigenvalue weighted by Crippen LogP contribution is -2.31. The zero-order chi connectivity index (χ0) is 19.2. The average Bonchev–Trinajstić information content (AvgIpc) is 2.66. The molecule has 0 aromatic heterocycles. The summed E-state index contributed by atoms with van der Waals surface area (Å²) >= 11 is 0. The molecule has 0 bridgehead atoms. The molecule has 0 aliphatic carbocycles. The largest absolute Gasteiger partial charge is 0.482 e. The minimum Gasteiger partial charge on any atom is -0.482 e. The molecule has 138 valence electrons. The maximum Gasteiger partial charge on any atom is 0.344 e. The van der Waals surface area contributed by atoms with Gasteiger partial charge in [0.15, 0.2) is 12.7 Å². The van der Waals surface area contributed by atoms with Gasteiger partial charge < -0.3 is 14.8 Å². The van der Waals surface area contributed by atoms with Crippen LogP contribution in [0.2, 0.25) is 0 Å². The smallest absolute Gasteiger partial charge is 0.344 e. The van der Waals surface area contributed by atoms with Gasteiger partial charge in [-0.2, -0.15) is 0 Å². The van der Waals surface area contributed by atoms with E-state index in [4.69, 9.17) is 9.47 Å². The minimum atomic E-state index is -0.926. The number of nitrogens with one attached hydrogen (secondary N) is 1. The van der Waals surface area contributed by atoms with Gasteiger partial charge >= 0.3 is 5.97 Å². The van der Waals surface area contributed by atoms with Gasteiger partial charge in [-0.05, 0) is 54.4 Å². The predicted octanol–water partition coefficient (Wildman–Crippen LogP) is 4.10. The molecule has 3 rings (SSSR count). The molecule has 1 N–H and O–H groups in total. The number of fused-ring (bicyclic) bond motifs is 1. The highest BCUT2D eigenvalue weighted by Crippen LogP contribution is 2.19. The van der Waals surface area contributed by atoms with Crippen molar-refractivity contribution in [3.05, 3.63) is 72.3 Å². The fourth-order valence-electron chi connectivity index (χ4n) is 2.64. The van der Waals surface area contributed by atoms with E-state index in [2.05, 4.69) is 5.32 Å². The average molecular weight is 363 g/mol. The van der Waals surface area contributed by atoms with Crippen LogP contribution in [-0.2, 0) is 14.3 Å². The molecule has 5 heteroatoms. The molecular formula is C22H21NO4. The van der Waals surface area contributed by atoms with E-state index in [1.165, 1.54) is 6.92 Å². The van der Waals surface area contributed by atoms with Gasteiger partial charge in [0.1, 0.15) is 5.75 Å². The Morgan fingerprint density at radius 1 is 0.963 bits per heavy atom. The molecule has 0 aliphatic heterocycles. The zero-order valence-electron chi connectivity index (χ0n) is 15.3. The number of amides is 1. The van der Waals surface area contributed by atoms with Crippen molar-refractivity contribution >= 4 is 28.3 Å². The van der Waals surface area contributed by atoms with Crippen molar-refractivity contribution in [2.24, 2.45) is 0 Å². The van der Waals surface area contributed by atoms with Crippen LogP contribution in [-0.4, -0.2) is 24.6 Å². The second kappa shape index (κ2) is 8.36. The van der Waals surface area contributed by atoms with Crippen LogP contribution in [0.5, 0.6) is 5.75 Å². The van der Waals surface area contributed by atoms with E-state index in [0.717, 1.165) is 16.3 Å². The molecule has 0 spiro atoms. The number of hydrogen-bond donors (Lipinski definition) is 1. The molecule has 0 radical (unpaired) electrons. The van der Waals surface area contributed by atoms with E-state index in [1.807, 2.05) is 67.6 Å². The number of ether oxygens (including phenoxy) is 2. The number of rotatable bonds is 6. The van der Waals surface area contributed by atoms with Crippen molar-refractivity contribution in [3.8, 4) is 5.75 Å². The molecule has 0 saturated heterocycles. The van der Waals surface area contributed by atoms with Crippen LogP contribution in [0.15, 0.2) is 66.7 Å². The number of hydrogen-bond acceptors (Lipinski definition) is 4. The van der Waals surface area contributed by atoms with Crippen LogP contribution < -0.4 is 10.1 Å². The number of carbonyl (C=O) groups is 2. The summed E-state index contributed by atoms with van der Waals surface area (Å²) in [5.74, 6) is -0.410. The monoisotopic (exact) mass is 363 g/mol. The zero-order valence-corrected chi connectivity index (χ0v) is 15.3. The maximum atomic E-state index is 12.3. The molecule has 0 aliphatic rings. The molecule has 0 unspecified atom stereocenters. The van der Waals surface area contributed by atoms with E-state index in [-0.39, 0.29) is 6.61 Å². The first-order valence-corrected chi connectivity index (χ1v) is 8.70. The lowest BCUT2D eigenvalue weighted by molar-refractivity contribution is -0.155. The van der Waals surface area contributed by atoms with E-state index >= 15 is 0 Å². The number of anilines is 1. The highest BCUT2D eigenvalue weighted by atomic mass is 16.6. The summed E-state index contributed by atoms with van der Waals surface area (Å²) in [6.07, 6.45) is -0.926. The van der Waals surface area contributed by atoms with Gasteiger partial charge in [0, 0.05) is 5.69 Å². The van der Waals surface area contributed by atoms with Crippen LogP contribution in [0.1, 0.15) is 12.5 Å². The summed E-state index contributed by atoms with van der Waals surface area (Å²) < 4.78 is 10.5. The van der Waals surface area contributed by atoms with Gasteiger partial charge in [-0.15, -0.1) is 0 Å². The molecule has 3 aromatic rings. The molecule has 0 saturated carbocycles. The van der Waals surface area contributed by atoms with Crippen molar-refractivity contribution in [1.29, 1.82) is 0 Å². The third-order valence-corrected chi connectivity index (χ3v) is 4.04. The van der Waals surface area contributed by atoms with Gasteiger partial charge in [0.25, 0.3) is 5.91 Å². The Morgan fingerprint density at radius 3 is 2.52 bits per heavy atom. The SMILES string of the molecule is Cc1cccc(OCC(=O)O[C@H](C)C(=O)Nc2ccc3ccccc3c2)c1. The fourth-order valence-corrected chi connectivity index (χ4v) is 2.64. The molecule has 1 amide bonds. The van der Waals surface area contributed by atoms with Crippen LogP contribution in [0.25, 0.3) is 10.8 Å². The third kappa shape index (κ3) is 5.07. The van der Waals surface area contributed by atoms with Gasteiger partial charge in [0.2, 0.25) is 0 Å². The molecule has 1 atom stereocenters. The van der Waals surface area contributed by atoms with Crippen LogP contribution >= 0.6 is 0 Å². The second-order valence-electron chi connectivity index (χ2n) is 6.29. The van der Waals surface area contributed by atoms with Gasteiger partial charge in [-0.25, -0.2) is 4.79 Å². The topological polar surface area (TPSA) is 64.6 Å². The Kier molecular flexibility index (Phi) is 5.71. The molecule has 0 fully saturated rings. The fraction of sp³-hybridized carbons (Fsp3) is 0.182. The predicted molar refractivity (Wildman–Crippen MR) is 105 cm³/mol. The first kappa shape index (κ1) is 18.5. The highest BCUT2D eigenvalue weighted by molar-refractivity contribution is 5.97. The van der Waals surface area contributed by atoms with Crippen LogP contribution in [0.3, 0.4) is 0 Å². The number of carbonyl (C=O) groups excluding carboxylic acids is 2. The van der Waals surface area contributed by atoms with Gasteiger partial charge in [0.05, 0.1) is 0 Å². The Bertz CT molecular complexity index is 967. The van der Waals surface area contributed by atoms with E-state index in [1.54, 1.807) is 6.07 Å². The van der Waals surface area contributed by atoms with E-state index < -0.39 is 18.0 Å². The van der Waals surface area contributed by atoms with E-state index in [9.17, 15) is 9.59 Å². The summed E-state index contributed by atoms with van der Waals surface area (Å²) in [6, 6.07) is 20.8. The van der Waals surface area contributed by atoms with Crippen LogP contribution in [0.4, 0.5) is 5.69 Å². The summed E-state index contributed by atoms with van der Waals surface area (Å²) in [4.78, 5) is 24.2. The Labute approximate surface area is 157 Å². The summed E-state index contributed by atoms with van der Waals surface area (Å²) in [5, 5.41) is 4.87. The van der Waals surface area contributed by atoms with Crippen molar-refractivity contribution in [2.45, 2.75) is 20.0 Å². The third-order valence-electron chi connectivity index (χ3n) is 4.04. The number of aryl methyl sites for hydroxylation is 1. The Morgan fingerprint density at radius 2 is 1.74 bits per heavy atom. The molecule has 0 heterocycles. The summed E-state index contributed by atoms with van der Waals surface area (Å²) in [5.41, 5.74) is 1.68. The molecular weight excluding hydrogens is 342 g/mol. The van der Waals surface area contributed by atoms with Crippen LogP contribution in [0, 0.1) is 6.92 Å². The quantitative estimate of drug-likeness (QED) is 0.670. The first-order chi connectivity index (χ1) is 13.0. The van der Waals surface area contributed by atoms with E-state index in [0.29, 0.717) is 11.4 Å². The minimum absolute atomic E-state index is 0.253. The van der Waals surface area contributed by atoms with Crippen molar-refractivity contribution < 1.29 is 19.1 Å². The second-order valence-corrected chi connectivity index (χ2v) is 6.29. The summed E-state index contributed by atoms with van der Waals surface area (Å²) in [7, 11) is 0. The lowest BCUT2D eigenvalue weighted by atomic mass is 10.1. The standard InChI is InChI=1S/C22H21NO4/c1-15-6-5-9-20(12-15)26-14-21(24)27-16(2)22(25)23-19-11-10-17-7-3-4-8-18(17)13-19/h3-13,16H,14H2,1-2H3,(H,23,25)/t16-/m1/s1. The van der Waals surface area contributed by atoms with Crippen molar-refractivity contribution in [3.63, 3.8) is 0 Å². The Balaban J connectivity index is 1.52. The molecule has 3 aromatic carbocycles.